The second-order valence-electron chi connectivity index (χ2n) is 5.67. The van der Waals surface area contributed by atoms with Gasteiger partial charge in [-0.25, -0.2) is 13.1 Å². The van der Waals surface area contributed by atoms with E-state index in [2.05, 4.69) is 10.0 Å². The molecule has 1 fully saturated rings. The molecular weight excluding hydrogens is 288 g/mol. The lowest BCUT2D eigenvalue weighted by molar-refractivity contribution is 0.0123. The van der Waals surface area contributed by atoms with Crippen LogP contribution >= 0.6 is 0 Å². The van der Waals surface area contributed by atoms with Crippen molar-refractivity contribution in [2.75, 3.05) is 25.0 Å². The standard InChI is InChI=1S/C15H22N2O3S/c18-21(19,17-9-7-13-3-1-2-10-20-13)14-5-4-12-6-8-16-15(12)11-14/h4-5,11,13,16-17H,1-3,6-10H2. The molecule has 0 spiro atoms. The lowest BCUT2D eigenvalue weighted by Gasteiger charge is -2.22. The van der Waals surface area contributed by atoms with Gasteiger partial charge in [-0.1, -0.05) is 6.07 Å². The number of rotatable bonds is 5. The maximum Gasteiger partial charge on any atom is 0.240 e. The normalized spacial score (nSPS) is 21.8. The Kier molecular flexibility index (Phi) is 4.47. The number of ether oxygens (including phenoxy) is 1. The van der Waals surface area contributed by atoms with E-state index in [4.69, 9.17) is 4.74 Å². The zero-order valence-electron chi connectivity index (χ0n) is 12.1. The fraction of sp³-hybridized carbons (Fsp3) is 0.600. The Balaban J connectivity index is 1.58. The number of anilines is 1. The van der Waals surface area contributed by atoms with E-state index in [1.54, 1.807) is 12.1 Å². The van der Waals surface area contributed by atoms with Crippen LogP contribution in [-0.4, -0.2) is 34.2 Å². The van der Waals surface area contributed by atoms with E-state index in [9.17, 15) is 8.42 Å². The molecule has 21 heavy (non-hydrogen) atoms. The SMILES string of the molecule is O=S(=O)(NCCC1CCCCO1)c1ccc2c(c1)NCC2. The fourth-order valence-electron chi connectivity index (χ4n) is 2.91. The van der Waals surface area contributed by atoms with Crippen LogP contribution in [0.15, 0.2) is 23.1 Å². The molecule has 1 aromatic rings. The first-order chi connectivity index (χ1) is 10.1. The molecule has 5 nitrogen and oxygen atoms in total. The summed E-state index contributed by atoms with van der Waals surface area (Å²) < 4.78 is 32.9. The van der Waals surface area contributed by atoms with Crippen molar-refractivity contribution in [1.82, 2.24) is 4.72 Å². The van der Waals surface area contributed by atoms with Crippen LogP contribution in [0.5, 0.6) is 0 Å². The summed E-state index contributed by atoms with van der Waals surface area (Å²) in [5.74, 6) is 0. The van der Waals surface area contributed by atoms with E-state index in [1.807, 2.05) is 6.07 Å². The van der Waals surface area contributed by atoms with Crippen LogP contribution in [0.3, 0.4) is 0 Å². The fourth-order valence-corrected chi connectivity index (χ4v) is 3.98. The van der Waals surface area contributed by atoms with Crippen LogP contribution in [-0.2, 0) is 21.2 Å². The van der Waals surface area contributed by atoms with Gasteiger partial charge in [-0.3, -0.25) is 0 Å². The van der Waals surface area contributed by atoms with Crippen molar-refractivity contribution >= 4 is 15.7 Å². The van der Waals surface area contributed by atoms with Crippen molar-refractivity contribution < 1.29 is 13.2 Å². The number of fused-ring (bicyclic) bond motifs is 1. The second-order valence-corrected chi connectivity index (χ2v) is 7.44. The van der Waals surface area contributed by atoms with E-state index < -0.39 is 10.0 Å². The van der Waals surface area contributed by atoms with Gasteiger partial charge in [-0.05, 0) is 49.8 Å². The molecule has 1 atom stereocenters. The van der Waals surface area contributed by atoms with E-state index in [0.717, 1.165) is 44.5 Å². The maximum absolute atomic E-state index is 12.3. The molecule has 0 amide bonds. The molecule has 2 aliphatic rings. The Hall–Kier alpha value is -1.11. The molecule has 0 saturated carbocycles. The van der Waals surface area contributed by atoms with Crippen molar-refractivity contribution in [3.8, 4) is 0 Å². The number of benzene rings is 1. The van der Waals surface area contributed by atoms with E-state index >= 15 is 0 Å². The molecule has 0 bridgehead atoms. The molecule has 0 aromatic heterocycles. The van der Waals surface area contributed by atoms with Gasteiger partial charge in [0.2, 0.25) is 10.0 Å². The van der Waals surface area contributed by atoms with Crippen molar-refractivity contribution in [3.05, 3.63) is 23.8 Å². The summed E-state index contributed by atoms with van der Waals surface area (Å²) in [4.78, 5) is 0.334. The molecule has 1 unspecified atom stereocenters. The molecule has 0 radical (unpaired) electrons. The topological polar surface area (TPSA) is 67.4 Å². The number of hydrogen-bond acceptors (Lipinski definition) is 4. The molecule has 2 heterocycles. The molecule has 3 rings (SSSR count). The predicted molar refractivity (Wildman–Crippen MR) is 82.0 cm³/mol. The monoisotopic (exact) mass is 310 g/mol. The molecule has 116 valence electrons. The summed E-state index contributed by atoms with van der Waals surface area (Å²) >= 11 is 0. The van der Waals surface area contributed by atoms with Gasteiger partial charge < -0.3 is 10.1 Å². The third kappa shape index (κ3) is 3.56. The largest absolute Gasteiger partial charge is 0.384 e. The third-order valence-corrected chi connectivity index (χ3v) is 5.59. The summed E-state index contributed by atoms with van der Waals surface area (Å²) in [5.41, 5.74) is 2.12. The van der Waals surface area contributed by atoms with Gasteiger partial charge in [0.25, 0.3) is 0 Å². The first-order valence-electron chi connectivity index (χ1n) is 7.63. The molecule has 2 N–H and O–H groups in total. The summed E-state index contributed by atoms with van der Waals surface area (Å²) in [6, 6.07) is 5.31. The summed E-state index contributed by atoms with van der Waals surface area (Å²) in [7, 11) is -3.43. The van der Waals surface area contributed by atoms with Gasteiger partial charge in [0, 0.05) is 25.4 Å². The Morgan fingerprint density at radius 2 is 2.24 bits per heavy atom. The van der Waals surface area contributed by atoms with Gasteiger partial charge in [-0.15, -0.1) is 0 Å². The molecule has 1 saturated heterocycles. The molecular formula is C15H22N2O3S. The Bertz CT molecular complexity index is 595. The first kappa shape index (κ1) is 14.8. The molecule has 1 aromatic carbocycles. The minimum Gasteiger partial charge on any atom is -0.384 e. The quantitative estimate of drug-likeness (QED) is 0.871. The van der Waals surface area contributed by atoms with Gasteiger partial charge >= 0.3 is 0 Å². The second kappa shape index (κ2) is 6.34. The average Bonchev–Trinajstić information content (AvgIpc) is 2.95. The van der Waals surface area contributed by atoms with Crippen LogP contribution in [0.2, 0.25) is 0 Å². The number of nitrogens with one attached hydrogen (secondary N) is 2. The summed E-state index contributed by atoms with van der Waals surface area (Å²) in [6.07, 6.45) is 5.22. The molecule has 2 aliphatic heterocycles. The third-order valence-electron chi connectivity index (χ3n) is 4.13. The number of hydrogen-bond donors (Lipinski definition) is 2. The minimum atomic E-state index is -3.43. The van der Waals surface area contributed by atoms with Gasteiger partial charge in [0.1, 0.15) is 0 Å². The van der Waals surface area contributed by atoms with Crippen molar-refractivity contribution in [2.24, 2.45) is 0 Å². The van der Waals surface area contributed by atoms with E-state index in [0.29, 0.717) is 11.4 Å². The van der Waals surface area contributed by atoms with Crippen LogP contribution in [0.4, 0.5) is 5.69 Å². The highest BCUT2D eigenvalue weighted by Gasteiger charge is 2.19. The summed E-state index contributed by atoms with van der Waals surface area (Å²) in [6.45, 7) is 2.11. The van der Waals surface area contributed by atoms with Crippen molar-refractivity contribution in [1.29, 1.82) is 0 Å². The van der Waals surface area contributed by atoms with Gasteiger partial charge in [0.15, 0.2) is 0 Å². The predicted octanol–water partition coefficient (Wildman–Crippen LogP) is 1.89. The van der Waals surface area contributed by atoms with E-state index in [-0.39, 0.29) is 6.10 Å². The van der Waals surface area contributed by atoms with Gasteiger partial charge in [0.05, 0.1) is 11.0 Å². The van der Waals surface area contributed by atoms with Gasteiger partial charge in [-0.2, -0.15) is 0 Å². The van der Waals surface area contributed by atoms with Crippen LogP contribution in [0.1, 0.15) is 31.2 Å². The van der Waals surface area contributed by atoms with Crippen LogP contribution < -0.4 is 10.0 Å². The lowest BCUT2D eigenvalue weighted by atomic mass is 10.1. The first-order valence-corrected chi connectivity index (χ1v) is 9.11. The van der Waals surface area contributed by atoms with Crippen molar-refractivity contribution in [3.63, 3.8) is 0 Å². The highest BCUT2D eigenvalue weighted by atomic mass is 32.2. The molecule has 6 heteroatoms. The van der Waals surface area contributed by atoms with E-state index in [1.165, 1.54) is 12.0 Å². The highest BCUT2D eigenvalue weighted by Crippen LogP contribution is 2.25. The minimum absolute atomic E-state index is 0.197. The highest BCUT2D eigenvalue weighted by molar-refractivity contribution is 7.89. The Morgan fingerprint density at radius 1 is 1.33 bits per heavy atom. The Morgan fingerprint density at radius 3 is 3.05 bits per heavy atom. The van der Waals surface area contributed by atoms with Crippen molar-refractivity contribution in [2.45, 2.75) is 43.1 Å². The maximum atomic E-state index is 12.3. The smallest absolute Gasteiger partial charge is 0.240 e. The average molecular weight is 310 g/mol. The Labute approximate surface area is 126 Å². The zero-order chi connectivity index (χ0) is 14.7. The van der Waals surface area contributed by atoms with Crippen LogP contribution in [0, 0.1) is 0 Å². The summed E-state index contributed by atoms with van der Waals surface area (Å²) in [5, 5.41) is 3.21. The zero-order valence-corrected chi connectivity index (χ0v) is 12.9. The van der Waals surface area contributed by atoms with Crippen LogP contribution in [0.25, 0.3) is 0 Å². The number of sulfonamides is 1. The lowest BCUT2D eigenvalue weighted by Crippen LogP contribution is -2.29. The molecule has 0 aliphatic carbocycles.